The van der Waals surface area contributed by atoms with Gasteiger partial charge in [0.05, 0.1) is 29.3 Å². The average molecular weight is 284 g/mol. The van der Waals surface area contributed by atoms with Crippen molar-refractivity contribution in [2.24, 2.45) is 0 Å². The van der Waals surface area contributed by atoms with Crippen molar-refractivity contribution in [3.05, 3.63) is 48.8 Å². The van der Waals surface area contributed by atoms with Gasteiger partial charge < -0.3 is 14.2 Å². The second-order valence-corrected chi connectivity index (χ2v) is 4.95. The van der Waals surface area contributed by atoms with Crippen molar-refractivity contribution >= 4 is 17.0 Å². The van der Waals surface area contributed by atoms with Crippen molar-refractivity contribution in [3.8, 4) is 0 Å². The van der Waals surface area contributed by atoms with E-state index < -0.39 is 5.97 Å². The number of rotatable bonds is 6. The molecule has 1 aromatic carbocycles. The van der Waals surface area contributed by atoms with Crippen LogP contribution in [0.4, 0.5) is 0 Å². The number of aromatic nitrogens is 4. The topological polar surface area (TPSA) is 72.9 Å². The fourth-order valence-electron chi connectivity index (χ4n) is 2.36. The van der Waals surface area contributed by atoms with Gasteiger partial charge in [-0.05, 0) is 31.0 Å². The molecule has 21 heavy (non-hydrogen) atoms. The first kappa shape index (κ1) is 13.4. The van der Waals surface area contributed by atoms with Crippen LogP contribution in [0.1, 0.15) is 23.2 Å². The van der Waals surface area contributed by atoms with Crippen LogP contribution in [0.15, 0.2) is 43.2 Å². The largest absolute Gasteiger partial charge is 0.478 e. The van der Waals surface area contributed by atoms with Crippen LogP contribution in [0.25, 0.3) is 11.0 Å². The quantitative estimate of drug-likeness (QED) is 0.705. The summed E-state index contributed by atoms with van der Waals surface area (Å²) in [7, 11) is 0. The third-order valence-electron chi connectivity index (χ3n) is 3.49. The van der Waals surface area contributed by atoms with Gasteiger partial charge in [-0.3, -0.25) is 0 Å². The number of unbranched alkanes of at least 4 members (excludes halogenated alkanes) is 1. The lowest BCUT2D eigenvalue weighted by atomic mass is 10.2. The zero-order valence-corrected chi connectivity index (χ0v) is 11.5. The van der Waals surface area contributed by atoms with E-state index in [0.717, 1.165) is 37.0 Å². The number of carboxylic acid groups (broad SMARTS) is 1. The minimum Gasteiger partial charge on any atom is -0.478 e. The second kappa shape index (κ2) is 5.78. The van der Waals surface area contributed by atoms with Gasteiger partial charge in [0, 0.05) is 25.5 Å². The number of carbonyl (C=O) groups is 1. The van der Waals surface area contributed by atoms with Crippen LogP contribution in [-0.4, -0.2) is 30.2 Å². The number of imidazole rings is 2. The number of aromatic carboxylic acids is 1. The van der Waals surface area contributed by atoms with E-state index in [0.29, 0.717) is 5.56 Å². The zero-order chi connectivity index (χ0) is 14.7. The van der Waals surface area contributed by atoms with E-state index in [9.17, 15) is 4.79 Å². The highest BCUT2D eigenvalue weighted by Gasteiger charge is 2.07. The second-order valence-electron chi connectivity index (χ2n) is 4.95. The summed E-state index contributed by atoms with van der Waals surface area (Å²) in [5.41, 5.74) is 2.00. The molecule has 0 spiro atoms. The molecular weight excluding hydrogens is 268 g/mol. The molecule has 0 bridgehead atoms. The Balaban J connectivity index is 1.66. The summed E-state index contributed by atoms with van der Waals surface area (Å²) in [6, 6.07) is 5.02. The molecule has 0 unspecified atom stereocenters. The monoisotopic (exact) mass is 284 g/mol. The maximum atomic E-state index is 11.0. The van der Waals surface area contributed by atoms with Crippen LogP contribution >= 0.6 is 0 Å². The van der Waals surface area contributed by atoms with Crippen LogP contribution in [-0.2, 0) is 13.1 Å². The normalized spacial score (nSPS) is 11.0. The molecule has 0 aliphatic rings. The molecule has 0 aliphatic carbocycles. The number of hydrogen-bond acceptors (Lipinski definition) is 3. The molecule has 0 radical (unpaired) electrons. The molecule has 2 heterocycles. The number of benzene rings is 1. The minimum absolute atomic E-state index is 0.294. The molecule has 1 N–H and O–H groups in total. The smallest absolute Gasteiger partial charge is 0.335 e. The van der Waals surface area contributed by atoms with Gasteiger partial charge in [0.15, 0.2) is 0 Å². The van der Waals surface area contributed by atoms with E-state index in [1.165, 1.54) is 0 Å². The first-order valence-electron chi connectivity index (χ1n) is 6.88. The van der Waals surface area contributed by atoms with Gasteiger partial charge in [-0.15, -0.1) is 0 Å². The van der Waals surface area contributed by atoms with Gasteiger partial charge in [0.1, 0.15) is 0 Å². The summed E-state index contributed by atoms with van der Waals surface area (Å²) in [6.45, 7) is 1.77. The number of aryl methyl sites for hydroxylation is 2. The van der Waals surface area contributed by atoms with E-state index in [1.54, 1.807) is 30.7 Å². The molecule has 108 valence electrons. The van der Waals surface area contributed by atoms with Gasteiger partial charge in [-0.1, -0.05) is 0 Å². The highest BCUT2D eigenvalue weighted by Crippen LogP contribution is 2.16. The molecular formula is C15H16N4O2. The van der Waals surface area contributed by atoms with Crippen molar-refractivity contribution in [3.63, 3.8) is 0 Å². The molecule has 6 nitrogen and oxygen atoms in total. The lowest BCUT2D eigenvalue weighted by molar-refractivity contribution is 0.0697. The number of carboxylic acids is 1. The molecule has 2 aromatic heterocycles. The van der Waals surface area contributed by atoms with Gasteiger partial charge in [0.25, 0.3) is 0 Å². The Labute approximate surface area is 121 Å². The Bertz CT molecular complexity index is 746. The maximum absolute atomic E-state index is 11.0. The van der Waals surface area contributed by atoms with Crippen molar-refractivity contribution in [1.29, 1.82) is 0 Å². The van der Waals surface area contributed by atoms with Crippen LogP contribution in [0, 0.1) is 0 Å². The van der Waals surface area contributed by atoms with Crippen LogP contribution in [0.3, 0.4) is 0 Å². The fourth-order valence-corrected chi connectivity index (χ4v) is 2.36. The predicted octanol–water partition coefficient (Wildman–Crippen LogP) is 2.41. The first-order chi connectivity index (χ1) is 10.2. The summed E-state index contributed by atoms with van der Waals surface area (Å²) in [5.74, 6) is -0.912. The van der Waals surface area contributed by atoms with E-state index in [4.69, 9.17) is 5.11 Å². The molecule has 6 heteroatoms. The van der Waals surface area contributed by atoms with E-state index in [1.807, 2.05) is 17.1 Å². The average Bonchev–Trinajstić information content (AvgIpc) is 3.12. The highest BCUT2D eigenvalue weighted by molar-refractivity contribution is 5.92. The van der Waals surface area contributed by atoms with Crippen LogP contribution in [0.2, 0.25) is 0 Å². The lowest BCUT2D eigenvalue weighted by Crippen LogP contribution is -2.01. The van der Waals surface area contributed by atoms with Crippen molar-refractivity contribution in [1.82, 2.24) is 19.1 Å². The molecule has 0 atom stereocenters. The third kappa shape index (κ3) is 2.94. The Hall–Kier alpha value is -2.63. The van der Waals surface area contributed by atoms with E-state index >= 15 is 0 Å². The third-order valence-corrected chi connectivity index (χ3v) is 3.49. The molecule has 0 aliphatic heterocycles. The molecule has 0 fully saturated rings. The van der Waals surface area contributed by atoms with Crippen molar-refractivity contribution < 1.29 is 9.90 Å². The number of hydrogen-bond donors (Lipinski definition) is 1. The fraction of sp³-hybridized carbons (Fsp3) is 0.267. The standard InChI is InChI=1S/C15H16N4O2/c20-15(21)12-3-4-13-14(9-12)19(11-17-13)7-2-1-6-18-8-5-16-10-18/h3-5,8-11H,1-2,6-7H2,(H,20,21). The summed E-state index contributed by atoms with van der Waals surface area (Å²) < 4.78 is 4.06. The maximum Gasteiger partial charge on any atom is 0.335 e. The Morgan fingerprint density at radius 2 is 2.05 bits per heavy atom. The van der Waals surface area contributed by atoms with Crippen molar-refractivity contribution in [2.45, 2.75) is 25.9 Å². The lowest BCUT2D eigenvalue weighted by Gasteiger charge is -2.05. The van der Waals surface area contributed by atoms with Crippen molar-refractivity contribution in [2.75, 3.05) is 0 Å². The highest BCUT2D eigenvalue weighted by atomic mass is 16.4. The first-order valence-corrected chi connectivity index (χ1v) is 6.88. The zero-order valence-electron chi connectivity index (χ0n) is 11.5. The Morgan fingerprint density at radius 3 is 2.81 bits per heavy atom. The molecule has 0 amide bonds. The van der Waals surface area contributed by atoms with E-state index in [2.05, 4.69) is 14.5 Å². The van der Waals surface area contributed by atoms with Gasteiger partial charge in [0.2, 0.25) is 0 Å². The Morgan fingerprint density at radius 1 is 1.19 bits per heavy atom. The van der Waals surface area contributed by atoms with E-state index in [-0.39, 0.29) is 0 Å². The summed E-state index contributed by atoms with van der Waals surface area (Å²) in [4.78, 5) is 19.3. The number of nitrogens with zero attached hydrogens (tertiary/aromatic N) is 4. The van der Waals surface area contributed by atoms with Gasteiger partial charge >= 0.3 is 5.97 Å². The molecule has 0 saturated carbocycles. The summed E-state index contributed by atoms with van der Waals surface area (Å²) >= 11 is 0. The molecule has 0 saturated heterocycles. The minimum atomic E-state index is -0.912. The molecule has 3 aromatic rings. The van der Waals surface area contributed by atoms with Crippen LogP contribution in [0.5, 0.6) is 0 Å². The van der Waals surface area contributed by atoms with Crippen LogP contribution < -0.4 is 0 Å². The predicted molar refractivity (Wildman–Crippen MR) is 78.2 cm³/mol. The summed E-state index contributed by atoms with van der Waals surface area (Å²) in [6.07, 6.45) is 9.34. The number of fused-ring (bicyclic) bond motifs is 1. The SMILES string of the molecule is O=C(O)c1ccc2ncn(CCCCn3ccnc3)c2c1. The summed E-state index contributed by atoms with van der Waals surface area (Å²) in [5, 5.41) is 9.05. The van der Waals surface area contributed by atoms with Gasteiger partial charge in [-0.25, -0.2) is 14.8 Å². The Kier molecular flexibility index (Phi) is 3.68. The van der Waals surface area contributed by atoms with Gasteiger partial charge in [-0.2, -0.15) is 0 Å². The molecule has 3 rings (SSSR count).